The van der Waals surface area contributed by atoms with E-state index in [1.165, 1.54) is 29.9 Å². The molecule has 3 rings (SSSR count). The molecule has 0 spiro atoms. The summed E-state index contributed by atoms with van der Waals surface area (Å²) in [4.78, 5) is 30.9. The minimum atomic E-state index is -1.20. The van der Waals surface area contributed by atoms with Gasteiger partial charge in [-0.25, -0.2) is 9.38 Å². The van der Waals surface area contributed by atoms with Gasteiger partial charge in [-0.1, -0.05) is 12.8 Å². The Morgan fingerprint density at radius 2 is 1.96 bits per heavy atom. The van der Waals surface area contributed by atoms with Gasteiger partial charge in [0.15, 0.2) is 5.96 Å². The van der Waals surface area contributed by atoms with Crippen molar-refractivity contribution < 1.29 is 14.0 Å². The van der Waals surface area contributed by atoms with Crippen LogP contribution in [0.1, 0.15) is 58.4 Å². The van der Waals surface area contributed by atoms with Gasteiger partial charge in [0.05, 0.1) is 5.41 Å². The topological polar surface area (TPSA) is 87.8 Å². The van der Waals surface area contributed by atoms with E-state index in [4.69, 9.17) is 5.73 Å². The number of anilines is 1. The van der Waals surface area contributed by atoms with E-state index in [-0.39, 0.29) is 23.3 Å². The molecule has 2 aliphatic rings. The second-order valence-electron chi connectivity index (χ2n) is 8.63. The molecule has 3 N–H and O–H groups in total. The van der Waals surface area contributed by atoms with E-state index < -0.39 is 16.8 Å². The standard InChI is InChI=1S/C21H29FN4O2/c1-20(2)18(28)26(4)19(23)25-21(20,3)15-12-14(9-10-16(15)22)24-17(27)11-13-7-5-6-8-13/h9-10,12-13H,5-8,11H2,1-4H3,(H2,23,25)(H,24,27). The Bertz CT molecular complexity index is 830. The van der Waals surface area contributed by atoms with Crippen LogP contribution in [0.3, 0.4) is 0 Å². The maximum absolute atomic E-state index is 14.8. The van der Waals surface area contributed by atoms with Crippen molar-refractivity contribution in [3.63, 3.8) is 0 Å². The van der Waals surface area contributed by atoms with Crippen LogP contribution in [0.2, 0.25) is 0 Å². The van der Waals surface area contributed by atoms with Gasteiger partial charge in [0.25, 0.3) is 0 Å². The molecule has 1 aliphatic carbocycles. The minimum absolute atomic E-state index is 0.0434. The van der Waals surface area contributed by atoms with Gasteiger partial charge in [0.2, 0.25) is 11.8 Å². The Hall–Kier alpha value is -2.44. The first-order chi connectivity index (χ1) is 13.1. The number of carbonyl (C=O) groups is 2. The normalized spacial score (nSPS) is 25.0. The van der Waals surface area contributed by atoms with Gasteiger partial charge < -0.3 is 11.1 Å². The Morgan fingerprint density at radius 3 is 2.61 bits per heavy atom. The van der Waals surface area contributed by atoms with Gasteiger partial charge in [-0.3, -0.25) is 14.5 Å². The van der Waals surface area contributed by atoms with Gasteiger partial charge >= 0.3 is 0 Å². The molecule has 1 aromatic rings. The van der Waals surface area contributed by atoms with Crippen LogP contribution in [0.4, 0.5) is 10.1 Å². The monoisotopic (exact) mass is 388 g/mol. The van der Waals surface area contributed by atoms with Gasteiger partial charge in [-0.2, -0.15) is 0 Å². The number of hydrogen-bond donors (Lipinski definition) is 2. The van der Waals surface area contributed by atoms with Crippen molar-refractivity contribution in [2.75, 3.05) is 12.4 Å². The third-order valence-corrected chi connectivity index (χ3v) is 6.46. The highest BCUT2D eigenvalue weighted by Gasteiger charge is 2.53. The molecule has 6 nitrogen and oxygen atoms in total. The van der Waals surface area contributed by atoms with E-state index >= 15 is 0 Å². The number of hydrogen-bond acceptors (Lipinski definition) is 4. The first kappa shape index (κ1) is 20.3. The lowest BCUT2D eigenvalue weighted by molar-refractivity contribution is -0.140. The molecular formula is C21H29FN4O2. The summed E-state index contributed by atoms with van der Waals surface area (Å²) < 4.78 is 14.8. The lowest BCUT2D eigenvalue weighted by atomic mass is 9.67. The molecule has 2 amide bonds. The Morgan fingerprint density at radius 1 is 1.32 bits per heavy atom. The van der Waals surface area contributed by atoms with E-state index in [0.29, 0.717) is 18.0 Å². The minimum Gasteiger partial charge on any atom is -0.369 e. The summed E-state index contributed by atoms with van der Waals surface area (Å²) in [5.74, 6) is -0.332. The highest BCUT2D eigenvalue weighted by molar-refractivity contribution is 6.01. The first-order valence-corrected chi connectivity index (χ1v) is 9.79. The maximum atomic E-state index is 14.8. The molecule has 1 atom stereocenters. The molecule has 1 aliphatic heterocycles. The zero-order valence-electron chi connectivity index (χ0n) is 17.0. The number of carbonyl (C=O) groups excluding carboxylic acids is 2. The van der Waals surface area contributed by atoms with E-state index in [1.54, 1.807) is 33.9 Å². The van der Waals surface area contributed by atoms with E-state index in [2.05, 4.69) is 10.3 Å². The number of nitrogens with one attached hydrogen (secondary N) is 1. The summed E-state index contributed by atoms with van der Waals surface area (Å²) in [6, 6.07) is 4.40. The number of benzene rings is 1. The summed E-state index contributed by atoms with van der Waals surface area (Å²) >= 11 is 0. The molecule has 1 fully saturated rings. The number of nitrogens with zero attached hydrogens (tertiary/aromatic N) is 2. The lowest BCUT2D eigenvalue weighted by Gasteiger charge is -2.46. The summed E-state index contributed by atoms with van der Waals surface area (Å²) in [5.41, 5.74) is 4.45. The van der Waals surface area contributed by atoms with Gasteiger partial charge in [-0.15, -0.1) is 0 Å². The second-order valence-corrected chi connectivity index (χ2v) is 8.63. The van der Waals surface area contributed by atoms with Crippen LogP contribution in [0.15, 0.2) is 23.2 Å². The van der Waals surface area contributed by atoms with Crippen molar-refractivity contribution in [1.82, 2.24) is 4.90 Å². The molecule has 1 heterocycles. The zero-order chi connectivity index (χ0) is 20.7. The molecule has 28 heavy (non-hydrogen) atoms. The SMILES string of the molecule is CN1C(=O)C(C)(C)C(C)(c2cc(NC(=O)CC3CCCC3)ccc2F)N=C1N. The van der Waals surface area contributed by atoms with Crippen LogP contribution >= 0.6 is 0 Å². The smallest absolute Gasteiger partial charge is 0.237 e. The van der Waals surface area contributed by atoms with Crippen molar-refractivity contribution >= 4 is 23.5 Å². The van der Waals surface area contributed by atoms with Gasteiger partial charge in [0, 0.05) is 24.7 Å². The van der Waals surface area contributed by atoms with E-state index in [9.17, 15) is 14.0 Å². The third-order valence-electron chi connectivity index (χ3n) is 6.46. The first-order valence-electron chi connectivity index (χ1n) is 9.79. The van der Waals surface area contributed by atoms with E-state index in [1.807, 2.05) is 0 Å². The van der Waals surface area contributed by atoms with Gasteiger partial charge in [0.1, 0.15) is 11.4 Å². The fourth-order valence-electron chi connectivity index (χ4n) is 4.24. The van der Waals surface area contributed by atoms with E-state index in [0.717, 1.165) is 12.8 Å². The fourth-order valence-corrected chi connectivity index (χ4v) is 4.24. The van der Waals surface area contributed by atoms with Crippen LogP contribution < -0.4 is 11.1 Å². The van der Waals surface area contributed by atoms with Crippen LogP contribution in [0.5, 0.6) is 0 Å². The molecule has 1 aromatic carbocycles. The summed E-state index contributed by atoms with van der Waals surface area (Å²) in [7, 11) is 1.55. The molecule has 1 saturated carbocycles. The van der Waals surface area contributed by atoms with Crippen LogP contribution in [0.25, 0.3) is 0 Å². The molecule has 0 aromatic heterocycles. The van der Waals surface area contributed by atoms with Crippen LogP contribution in [-0.2, 0) is 15.1 Å². The average Bonchev–Trinajstić information content (AvgIpc) is 3.13. The molecule has 0 bridgehead atoms. The molecule has 7 heteroatoms. The quantitative estimate of drug-likeness (QED) is 0.829. The van der Waals surface area contributed by atoms with Crippen LogP contribution in [-0.4, -0.2) is 29.7 Å². The Labute approximate surface area is 165 Å². The molecule has 152 valence electrons. The predicted octanol–water partition coefficient (Wildman–Crippen LogP) is 3.37. The van der Waals surface area contributed by atoms with Gasteiger partial charge in [-0.05, 0) is 57.7 Å². The third kappa shape index (κ3) is 3.38. The van der Waals surface area contributed by atoms with Crippen molar-refractivity contribution in [1.29, 1.82) is 0 Å². The Kier molecular flexibility index (Phi) is 5.21. The fraction of sp³-hybridized carbons (Fsp3) is 0.571. The lowest BCUT2D eigenvalue weighted by Crippen LogP contribution is -2.58. The highest BCUT2D eigenvalue weighted by Crippen LogP contribution is 2.47. The molecule has 1 unspecified atom stereocenters. The number of guanidine groups is 1. The largest absolute Gasteiger partial charge is 0.369 e. The highest BCUT2D eigenvalue weighted by atomic mass is 19.1. The maximum Gasteiger partial charge on any atom is 0.237 e. The van der Waals surface area contributed by atoms with Crippen molar-refractivity contribution in [2.24, 2.45) is 22.1 Å². The number of nitrogens with two attached hydrogens (primary N) is 1. The van der Waals surface area contributed by atoms with Crippen molar-refractivity contribution in [3.8, 4) is 0 Å². The number of halogens is 1. The molecule has 0 saturated heterocycles. The van der Waals surface area contributed by atoms with Crippen molar-refractivity contribution in [2.45, 2.75) is 58.4 Å². The number of aliphatic imine (C=N–C) groups is 1. The summed E-state index contributed by atoms with van der Waals surface area (Å²) in [5, 5.41) is 2.87. The summed E-state index contributed by atoms with van der Waals surface area (Å²) in [6.07, 6.45) is 4.99. The number of amides is 2. The average molecular weight is 388 g/mol. The predicted molar refractivity (Wildman–Crippen MR) is 107 cm³/mol. The molecule has 0 radical (unpaired) electrons. The second kappa shape index (κ2) is 7.18. The zero-order valence-corrected chi connectivity index (χ0v) is 17.0. The Balaban J connectivity index is 1.92. The van der Waals surface area contributed by atoms with Crippen LogP contribution in [0, 0.1) is 17.2 Å². The number of rotatable bonds is 4. The van der Waals surface area contributed by atoms with Crippen molar-refractivity contribution in [3.05, 3.63) is 29.6 Å². The molecular weight excluding hydrogens is 359 g/mol. The summed E-state index contributed by atoms with van der Waals surface area (Å²) in [6.45, 7) is 5.16.